The van der Waals surface area contributed by atoms with E-state index in [2.05, 4.69) is 40.1 Å². The Kier molecular flexibility index (Phi) is 5.22. The van der Waals surface area contributed by atoms with Crippen LogP contribution in [0.3, 0.4) is 0 Å². The lowest BCUT2D eigenvalue weighted by Gasteiger charge is -2.07. The number of nitrogens with one attached hydrogen (secondary N) is 1. The molecule has 0 aliphatic carbocycles. The summed E-state index contributed by atoms with van der Waals surface area (Å²) in [5.74, 6) is 0.533. The van der Waals surface area contributed by atoms with E-state index in [0.717, 1.165) is 6.42 Å². The Labute approximate surface area is 109 Å². The van der Waals surface area contributed by atoms with E-state index < -0.39 is 0 Å². The highest BCUT2D eigenvalue weighted by atomic mass is 79.9. The number of anilines is 1. The van der Waals surface area contributed by atoms with E-state index in [9.17, 15) is 4.79 Å². The van der Waals surface area contributed by atoms with Crippen LogP contribution in [0.2, 0.25) is 5.15 Å². The van der Waals surface area contributed by atoms with Crippen molar-refractivity contribution in [1.29, 1.82) is 0 Å². The number of rotatable bonds is 4. The summed E-state index contributed by atoms with van der Waals surface area (Å²) in [5, 5.41) is 3.16. The third kappa shape index (κ3) is 4.49. The number of amides is 1. The number of carbonyl (C=O) groups is 1. The number of hydrogen-bond acceptors (Lipinski definition) is 2. The van der Waals surface area contributed by atoms with E-state index in [4.69, 9.17) is 11.6 Å². The standard InChI is InChI=1S/C11H14BrClN2O/c1-7(2)3-4-10(16)15-8-5-9(12)11(13)14-6-8/h5-7H,3-4H2,1-2H3,(H,15,16). The fraction of sp³-hybridized carbons (Fsp3) is 0.455. The number of hydrogen-bond donors (Lipinski definition) is 1. The molecule has 0 bridgehead atoms. The van der Waals surface area contributed by atoms with E-state index in [1.807, 2.05) is 0 Å². The number of pyridine rings is 1. The highest BCUT2D eigenvalue weighted by Gasteiger charge is 2.06. The predicted octanol–water partition coefficient (Wildman–Crippen LogP) is 3.87. The van der Waals surface area contributed by atoms with Crippen LogP contribution in [0.25, 0.3) is 0 Å². The summed E-state index contributed by atoms with van der Waals surface area (Å²) in [6.07, 6.45) is 2.95. The Bertz CT molecular complexity index is 382. The van der Waals surface area contributed by atoms with Gasteiger partial charge in [-0.25, -0.2) is 4.98 Å². The van der Waals surface area contributed by atoms with Gasteiger partial charge in [-0.1, -0.05) is 25.4 Å². The predicted molar refractivity (Wildman–Crippen MR) is 69.6 cm³/mol. The maximum Gasteiger partial charge on any atom is 0.224 e. The average molecular weight is 306 g/mol. The molecule has 0 aliphatic rings. The SMILES string of the molecule is CC(C)CCC(=O)Nc1cnc(Cl)c(Br)c1. The smallest absolute Gasteiger partial charge is 0.224 e. The molecule has 0 aliphatic heterocycles. The van der Waals surface area contributed by atoms with Crippen molar-refractivity contribution in [3.63, 3.8) is 0 Å². The molecule has 3 nitrogen and oxygen atoms in total. The molecule has 0 unspecified atom stereocenters. The molecule has 1 rings (SSSR count). The van der Waals surface area contributed by atoms with E-state index in [-0.39, 0.29) is 5.91 Å². The van der Waals surface area contributed by atoms with E-state index in [0.29, 0.717) is 27.7 Å². The Balaban J connectivity index is 2.53. The van der Waals surface area contributed by atoms with Crippen LogP contribution in [-0.2, 0) is 4.79 Å². The van der Waals surface area contributed by atoms with Crippen molar-refractivity contribution in [2.24, 2.45) is 5.92 Å². The van der Waals surface area contributed by atoms with Crippen molar-refractivity contribution in [2.75, 3.05) is 5.32 Å². The van der Waals surface area contributed by atoms with Crippen LogP contribution in [0, 0.1) is 5.92 Å². The Morgan fingerprint density at radius 3 is 2.88 bits per heavy atom. The van der Waals surface area contributed by atoms with Gasteiger partial charge in [0, 0.05) is 6.42 Å². The van der Waals surface area contributed by atoms with E-state index in [1.165, 1.54) is 0 Å². The number of halogens is 2. The summed E-state index contributed by atoms with van der Waals surface area (Å²) in [6.45, 7) is 4.18. The number of nitrogens with zero attached hydrogens (tertiary/aromatic N) is 1. The number of aromatic nitrogens is 1. The first-order valence-corrected chi connectivity index (χ1v) is 6.27. The van der Waals surface area contributed by atoms with Crippen LogP contribution in [0.1, 0.15) is 26.7 Å². The van der Waals surface area contributed by atoms with Crippen molar-refractivity contribution in [2.45, 2.75) is 26.7 Å². The van der Waals surface area contributed by atoms with Crippen LogP contribution in [0.4, 0.5) is 5.69 Å². The van der Waals surface area contributed by atoms with Gasteiger partial charge in [-0.15, -0.1) is 0 Å². The van der Waals surface area contributed by atoms with Crippen LogP contribution >= 0.6 is 27.5 Å². The van der Waals surface area contributed by atoms with Crippen molar-refractivity contribution in [3.05, 3.63) is 21.9 Å². The Morgan fingerprint density at radius 1 is 1.62 bits per heavy atom. The maximum atomic E-state index is 11.5. The summed E-state index contributed by atoms with van der Waals surface area (Å²) in [7, 11) is 0. The molecule has 0 aromatic carbocycles. The van der Waals surface area contributed by atoms with Crippen molar-refractivity contribution in [1.82, 2.24) is 4.98 Å². The summed E-state index contributed by atoms with van der Waals surface area (Å²) in [6, 6.07) is 1.74. The lowest BCUT2D eigenvalue weighted by Crippen LogP contribution is -2.12. The second-order valence-electron chi connectivity index (χ2n) is 3.98. The molecule has 0 saturated carbocycles. The van der Waals surface area contributed by atoms with Crippen LogP contribution in [0.5, 0.6) is 0 Å². The van der Waals surface area contributed by atoms with Gasteiger partial charge in [-0.3, -0.25) is 4.79 Å². The minimum Gasteiger partial charge on any atom is -0.325 e. The van der Waals surface area contributed by atoms with Crippen LogP contribution < -0.4 is 5.32 Å². The van der Waals surface area contributed by atoms with Gasteiger partial charge in [0.25, 0.3) is 0 Å². The van der Waals surface area contributed by atoms with Crippen LogP contribution in [-0.4, -0.2) is 10.9 Å². The molecule has 0 radical (unpaired) electrons. The third-order valence-electron chi connectivity index (χ3n) is 2.03. The second-order valence-corrected chi connectivity index (χ2v) is 5.19. The summed E-state index contributed by atoms with van der Waals surface area (Å²) < 4.78 is 0.677. The highest BCUT2D eigenvalue weighted by molar-refractivity contribution is 9.10. The molecular weight excluding hydrogens is 291 g/mol. The zero-order valence-corrected chi connectivity index (χ0v) is 11.6. The highest BCUT2D eigenvalue weighted by Crippen LogP contribution is 2.22. The van der Waals surface area contributed by atoms with Crippen LogP contribution in [0.15, 0.2) is 16.7 Å². The summed E-state index contributed by atoms with van der Waals surface area (Å²) in [5.41, 5.74) is 0.657. The first-order valence-electron chi connectivity index (χ1n) is 5.10. The molecule has 0 spiro atoms. The fourth-order valence-electron chi connectivity index (χ4n) is 1.13. The molecular formula is C11H14BrClN2O. The molecule has 1 amide bonds. The van der Waals surface area contributed by atoms with Gasteiger partial charge >= 0.3 is 0 Å². The van der Waals surface area contributed by atoms with Gasteiger partial charge in [0.05, 0.1) is 16.4 Å². The third-order valence-corrected chi connectivity index (χ3v) is 3.16. The molecule has 1 heterocycles. The summed E-state index contributed by atoms with van der Waals surface area (Å²) in [4.78, 5) is 15.5. The maximum absolute atomic E-state index is 11.5. The average Bonchev–Trinajstić information content (AvgIpc) is 2.21. The Hall–Kier alpha value is -0.610. The summed E-state index contributed by atoms with van der Waals surface area (Å²) >= 11 is 9.00. The minimum absolute atomic E-state index is 0.00437. The molecule has 5 heteroatoms. The van der Waals surface area contributed by atoms with Gasteiger partial charge in [0.2, 0.25) is 5.91 Å². The monoisotopic (exact) mass is 304 g/mol. The topological polar surface area (TPSA) is 42.0 Å². The largest absolute Gasteiger partial charge is 0.325 e. The second kappa shape index (κ2) is 6.21. The molecule has 0 saturated heterocycles. The number of carbonyl (C=O) groups excluding carboxylic acids is 1. The van der Waals surface area contributed by atoms with Gasteiger partial charge in [-0.2, -0.15) is 0 Å². The van der Waals surface area contributed by atoms with Gasteiger partial charge in [0.15, 0.2) is 0 Å². The van der Waals surface area contributed by atoms with Crippen molar-refractivity contribution < 1.29 is 4.79 Å². The normalized spacial score (nSPS) is 10.6. The first-order chi connectivity index (χ1) is 7.49. The molecule has 1 N–H and O–H groups in total. The Morgan fingerprint density at radius 2 is 2.31 bits per heavy atom. The lowest BCUT2D eigenvalue weighted by molar-refractivity contribution is -0.116. The lowest BCUT2D eigenvalue weighted by atomic mass is 10.1. The molecule has 1 aromatic rings. The molecule has 16 heavy (non-hydrogen) atoms. The van der Waals surface area contributed by atoms with Gasteiger partial charge in [0.1, 0.15) is 5.15 Å². The zero-order valence-electron chi connectivity index (χ0n) is 9.26. The van der Waals surface area contributed by atoms with E-state index in [1.54, 1.807) is 12.3 Å². The quantitative estimate of drug-likeness (QED) is 0.858. The molecule has 88 valence electrons. The van der Waals surface area contributed by atoms with Crippen molar-refractivity contribution >= 4 is 39.1 Å². The fourth-order valence-corrected chi connectivity index (χ4v) is 1.59. The molecule has 0 fully saturated rings. The molecule has 1 aromatic heterocycles. The van der Waals surface area contributed by atoms with E-state index >= 15 is 0 Å². The molecule has 0 atom stereocenters. The van der Waals surface area contributed by atoms with Gasteiger partial charge < -0.3 is 5.32 Å². The minimum atomic E-state index is 0.00437. The zero-order chi connectivity index (χ0) is 12.1. The first kappa shape index (κ1) is 13.5. The van der Waals surface area contributed by atoms with Gasteiger partial charge in [-0.05, 0) is 34.3 Å². The van der Waals surface area contributed by atoms with Crippen molar-refractivity contribution in [3.8, 4) is 0 Å².